The van der Waals surface area contributed by atoms with E-state index in [9.17, 15) is 13.6 Å². The van der Waals surface area contributed by atoms with E-state index in [0.29, 0.717) is 18.4 Å². The van der Waals surface area contributed by atoms with Gasteiger partial charge in [-0.25, -0.2) is 0 Å². The Morgan fingerprint density at radius 1 is 1.26 bits per heavy atom. The zero-order valence-electron chi connectivity index (χ0n) is 17.9. The number of methoxy groups -OCH3 is 1. The molecular formula is C22H31AsN2O6. The second-order valence-electron chi connectivity index (χ2n) is 9.01. The van der Waals surface area contributed by atoms with Crippen molar-refractivity contribution in [3.8, 4) is 0 Å². The molecular weight excluding hydrogens is 463 g/mol. The van der Waals surface area contributed by atoms with Gasteiger partial charge in [0, 0.05) is 29.7 Å². The molecule has 0 spiro atoms. The maximum atomic E-state index is 12.4. The molecule has 5 rings (SSSR count). The molecule has 0 amide bonds. The maximum absolute atomic E-state index is 12.4. The van der Waals surface area contributed by atoms with E-state index in [1.54, 1.807) is 0 Å². The van der Waals surface area contributed by atoms with E-state index < -0.39 is 20.3 Å². The van der Waals surface area contributed by atoms with E-state index >= 15 is 0 Å². The zero-order chi connectivity index (χ0) is 22.3. The summed E-state index contributed by atoms with van der Waals surface area (Å²) in [6.45, 7) is 2.10. The molecule has 2 fully saturated rings. The van der Waals surface area contributed by atoms with Crippen molar-refractivity contribution in [3.63, 3.8) is 0 Å². The fraction of sp³-hybridized carbons (Fsp3) is 0.591. The van der Waals surface area contributed by atoms with Gasteiger partial charge in [-0.15, -0.1) is 0 Å². The van der Waals surface area contributed by atoms with Crippen molar-refractivity contribution < 1.29 is 26.6 Å². The fourth-order valence-electron chi connectivity index (χ4n) is 5.80. The van der Waals surface area contributed by atoms with Crippen LogP contribution < -0.4 is 0 Å². The number of aliphatic hydroxyl groups excluding tert-OH is 1. The van der Waals surface area contributed by atoms with Gasteiger partial charge in [-0.1, -0.05) is 18.2 Å². The van der Waals surface area contributed by atoms with Gasteiger partial charge >= 0.3 is 37.8 Å². The summed E-state index contributed by atoms with van der Waals surface area (Å²) in [5, 5.41) is 11.8. The number of nitrogens with zero attached hydrogens (tertiary/aromatic N) is 1. The van der Waals surface area contributed by atoms with Crippen molar-refractivity contribution >= 4 is 31.0 Å². The minimum atomic E-state index is -4.12. The second-order valence-corrected chi connectivity index (χ2v) is 12.5. The Morgan fingerprint density at radius 2 is 1.97 bits per heavy atom. The van der Waals surface area contributed by atoms with Crippen molar-refractivity contribution in [1.82, 2.24) is 9.88 Å². The Labute approximate surface area is 184 Å². The van der Waals surface area contributed by atoms with Crippen LogP contribution in [0.4, 0.5) is 0 Å². The van der Waals surface area contributed by atoms with Crippen LogP contribution in [0.25, 0.3) is 10.9 Å². The van der Waals surface area contributed by atoms with Crippen molar-refractivity contribution in [2.75, 3.05) is 20.2 Å². The van der Waals surface area contributed by atoms with Crippen LogP contribution in [0.5, 0.6) is 0 Å². The van der Waals surface area contributed by atoms with Crippen molar-refractivity contribution in [3.05, 3.63) is 35.5 Å². The van der Waals surface area contributed by atoms with Gasteiger partial charge in [-0.05, 0) is 49.1 Å². The zero-order valence-corrected chi connectivity index (χ0v) is 19.8. The van der Waals surface area contributed by atoms with Gasteiger partial charge in [0.15, 0.2) is 0 Å². The Kier molecular flexibility index (Phi) is 6.39. The molecule has 2 aliphatic heterocycles. The van der Waals surface area contributed by atoms with Gasteiger partial charge < -0.3 is 14.8 Å². The minimum absolute atomic E-state index is 0.199. The van der Waals surface area contributed by atoms with Crippen molar-refractivity contribution in [2.45, 2.75) is 43.5 Å². The van der Waals surface area contributed by atoms with Crippen LogP contribution in [0.1, 0.15) is 36.6 Å². The molecule has 0 radical (unpaired) electrons. The molecule has 9 heteroatoms. The molecule has 0 unspecified atom stereocenters. The normalized spacial score (nSPS) is 30.4. The van der Waals surface area contributed by atoms with Gasteiger partial charge in [-0.3, -0.25) is 9.69 Å². The number of hydrogen-bond donors (Lipinski definition) is 4. The van der Waals surface area contributed by atoms with E-state index in [-0.39, 0.29) is 17.8 Å². The standard InChI is InChI=1S/C21H26N2O3.CH5AsO3/c1-26-21(25)19-15-10-17-20-14(13-4-2-3-5-16(13)22-20)8-9-23(17)11-12(15)6-7-18(19)24;1-2(3,4)5/h2-5,12,15,17-19,22,24H,6-11H2,1H3;1H3,(H2,3,4,5)/t12-,15-,17-,18-,19+;/m0./s1. The molecule has 31 heavy (non-hydrogen) atoms. The molecule has 0 bridgehead atoms. The molecule has 5 atom stereocenters. The number of aromatic nitrogens is 1. The number of esters is 1. The van der Waals surface area contributed by atoms with Crippen molar-refractivity contribution in [1.29, 1.82) is 0 Å². The Balaban J connectivity index is 0.000000418. The molecule has 1 aliphatic carbocycles. The summed E-state index contributed by atoms with van der Waals surface area (Å²) in [5.41, 5.74) is 4.87. The third kappa shape index (κ3) is 4.64. The number of H-pyrrole nitrogens is 1. The molecule has 2 aromatic rings. The van der Waals surface area contributed by atoms with E-state index in [4.69, 9.17) is 12.9 Å². The Hall–Kier alpha value is -1.57. The molecule has 1 saturated heterocycles. The summed E-state index contributed by atoms with van der Waals surface area (Å²) in [4.78, 5) is 18.6. The SMILES string of the molecule is COC(=O)[C@@H]1[C@H]2C[C@H]3c4[nH]c5ccccc5c4CCN3C[C@@H]2CC[C@@H]1O.C[As](=O)(O)O. The first-order chi connectivity index (χ1) is 14.7. The van der Waals surface area contributed by atoms with Crippen LogP contribution in [0, 0.1) is 17.8 Å². The van der Waals surface area contributed by atoms with E-state index in [1.165, 1.54) is 29.3 Å². The molecule has 1 saturated carbocycles. The number of fused-ring (bicyclic) bond motifs is 6. The molecule has 3 heterocycles. The van der Waals surface area contributed by atoms with Crippen LogP contribution >= 0.6 is 0 Å². The Bertz CT molecular complexity index is 993. The van der Waals surface area contributed by atoms with Crippen LogP contribution in [0.3, 0.4) is 0 Å². The van der Waals surface area contributed by atoms with Crippen molar-refractivity contribution in [2.24, 2.45) is 17.8 Å². The molecule has 1 aromatic carbocycles. The van der Waals surface area contributed by atoms with E-state index in [1.807, 2.05) is 0 Å². The first kappa shape index (κ1) is 22.6. The number of benzene rings is 1. The summed E-state index contributed by atoms with van der Waals surface area (Å²) in [6.07, 6.45) is 3.14. The Morgan fingerprint density at radius 3 is 2.68 bits per heavy atom. The fourth-order valence-corrected chi connectivity index (χ4v) is 5.80. The van der Waals surface area contributed by atoms with Crippen LogP contribution in [-0.2, 0) is 19.7 Å². The predicted molar refractivity (Wildman–Crippen MR) is 115 cm³/mol. The molecule has 8 nitrogen and oxygen atoms in total. The van der Waals surface area contributed by atoms with Crippen LogP contribution in [0.15, 0.2) is 24.3 Å². The van der Waals surface area contributed by atoms with E-state index in [0.717, 1.165) is 38.1 Å². The number of carbonyl (C=O) groups is 1. The number of nitrogens with one attached hydrogen (secondary N) is 1. The first-order valence-electron chi connectivity index (χ1n) is 10.8. The number of hydrogen-bond acceptors (Lipinski definition) is 5. The number of aliphatic hydroxyl groups is 1. The predicted octanol–water partition coefficient (Wildman–Crippen LogP) is 1.62. The average molecular weight is 494 g/mol. The van der Waals surface area contributed by atoms with Gasteiger partial charge in [0.2, 0.25) is 0 Å². The van der Waals surface area contributed by atoms with Crippen LogP contribution in [0.2, 0.25) is 5.71 Å². The average Bonchev–Trinajstić information content (AvgIpc) is 3.10. The van der Waals surface area contributed by atoms with Gasteiger partial charge in [-0.2, -0.15) is 0 Å². The summed E-state index contributed by atoms with van der Waals surface area (Å²) < 4.78 is 29.8. The first-order valence-corrected chi connectivity index (χ1v) is 15.1. The monoisotopic (exact) mass is 494 g/mol. The second kappa shape index (κ2) is 8.75. The third-order valence-electron chi connectivity index (χ3n) is 7.02. The van der Waals surface area contributed by atoms with Crippen LogP contribution in [-0.4, -0.2) is 69.6 Å². The summed E-state index contributed by atoms with van der Waals surface area (Å²) in [5.74, 6) is 0.0541. The van der Waals surface area contributed by atoms with Gasteiger partial charge in [0.25, 0.3) is 0 Å². The molecule has 1 aromatic heterocycles. The quantitative estimate of drug-likeness (QED) is 0.351. The topological polar surface area (TPSA) is 123 Å². The number of carbonyl (C=O) groups excluding carboxylic acids is 1. The number of piperidine rings is 1. The summed E-state index contributed by atoms with van der Waals surface area (Å²) in [7, 11) is 1.43. The third-order valence-corrected chi connectivity index (χ3v) is 7.02. The number of ether oxygens (including phenoxy) is 1. The summed E-state index contributed by atoms with van der Waals surface area (Å²) in [6, 6.07) is 8.83. The van der Waals surface area contributed by atoms with Gasteiger partial charge in [0.1, 0.15) is 0 Å². The molecule has 4 N–H and O–H groups in total. The van der Waals surface area contributed by atoms with E-state index in [2.05, 4.69) is 34.1 Å². The summed E-state index contributed by atoms with van der Waals surface area (Å²) >= 11 is -4.12. The van der Waals surface area contributed by atoms with Gasteiger partial charge in [0.05, 0.1) is 25.2 Å². The number of aromatic amines is 1. The number of para-hydroxylation sites is 1. The molecule has 170 valence electrons. The molecule has 3 aliphatic rings. The number of rotatable bonds is 1.